The maximum Gasteiger partial charge on any atom is 0.262 e. The highest BCUT2D eigenvalue weighted by atomic mass is 32.2. The van der Waals surface area contributed by atoms with Crippen molar-refractivity contribution in [2.45, 2.75) is 11.7 Å². The molecule has 6 nitrogen and oxygen atoms in total. The van der Waals surface area contributed by atoms with Crippen molar-refractivity contribution in [2.75, 3.05) is 39.0 Å². The average molecular weight is 409 g/mol. The van der Waals surface area contributed by atoms with Gasteiger partial charge in [0.2, 0.25) is 5.91 Å². The van der Waals surface area contributed by atoms with Crippen molar-refractivity contribution in [3.63, 3.8) is 0 Å². The second-order valence-corrected chi connectivity index (χ2v) is 8.20. The van der Waals surface area contributed by atoms with Crippen LogP contribution in [0.4, 0.5) is 0 Å². The standard InChI is InChI=1S/C22H24N4O2S/c1-24-11-13-25(14-12-24)20(27)16-29-22-23-19-10-6-5-9-18(19)21(28)26(22)15-17-7-3-2-4-8-17/h2-10H,11-16H2,1H3. The van der Waals surface area contributed by atoms with E-state index in [9.17, 15) is 9.59 Å². The number of nitrogens with zero attached hydrogens (tertiary/aromatic N) is 4. The van der Waals surface area contributed by atoms with E-state index in [1.807, 2.05) is 53.4 Å². The molecule has 0 radical (unpaired) electrons. The van der Waals surface area contributed by atoms with Gasteiger partial charge < -0.3 is 9.80 Å². The number of hydrogen-bond donors (Lipinski definition) is 0. The number of thioether (sulfide) groups is 1. The van der Waals surface area contributed by atoms with Crippen LogP contribution in [0.5, 0.6) is 0 Å². The van der Waals surface area contributed by atoms with Crippen LogP contribution in [-0.2, 0) is 11.3 Å². The minimum atomic E-state index is -0.0750. The molecule has 0 N–H and O–H groups in total. The fraction of sp³-hybridized carbons (Fsp3) is 0.318. The fourth-order valence-corrected chi connectivity index (χ4v) is 4.34. The molecule has 150 valence electrons. The van der Waals surface area contributed by atoms with E-state index in [4.69, 9.17) is 4.98 Å². The van der Waals surface area contributed by atoms with Gasteiger partial charge in [0, 0.05) is 26.2 Å². The molecule has 2 heterocycles. The van der Waals surface area contributed by atoms with Crippen molar-refractivity contribution in [2.24, 2.45) is 0 Å². The van der Waals surface area contributed by atoms with Gasteiger partial charge >= 0.3 is 0 Å². The van der Waals surface area contributed by atoms with Crippen molar-refractivity contribution in [1.29, 1.82) is 0 Å². The quantitative estimate of drug-likeness (QED) is 0.479. The third-order valence-corrected chi connectivity index (χ3v) is 6.15. The lowest BCUT2D eigenvalue weighted by Gasteiger charge is -2.32. The van der Waals surface area contributed by atoms with Crippen LogP contribution in [-0.4, -0.2) is 64.2 Å². The number of hydrogen-bond acceptors (Lipinski definition) is 5. The third-order valence-electron chi connectivity index (χ3n) is 5.19. The molecule has 1 fully saturated rings. The normalized spacial score (nSPS) is 15.0. The van der Waals surface area contributed by atoms with E-state index in [2.05, 4.69) is 11.9 Å². The Morgan fingerprint density at radius 3 is 2.45 bits per heavy atom. The Bertz CT molecular complexity index is 1060. The van der Waals surface area contributed by atoms with Gasteiger partial charge in [-0.15, -0.1) is 0 Å². The molecule has 2 aromatic carbocycles. The first kappa shape index (κ1) is 19.7. The van der Waals surface area contributed by atoms with E-state index in [1.54, 1.807) is 10.6 Å². The van der Waals surface area contributed by atoms with Gasteiger partial charge in [-0.1, -0.05) is 54.2 Å². The van der Waals surface area contributed by atoms with Gasteiger partial charge in [-0.2, -0.15) is 0 Å². The molecule has 1 aromatic heterocycles. The van der Waals surface area contributed by atoms with Gasteiger partial charge in [-0.25, -0.2) is 4.98 Å². The number of carbonyl (C=O) groups is 1. The summed E-state index contributed by atoms with van der Waals surface area (Å²) in [6.45, 7) is 3.71. The molecule has 0 spiro atoms. The summed E-state index contributed by atoms with van der Waals surface area (Å²) in [5.41, 5.74) is 1.62. The van der Waals surface area contributed by atoms with Crippen LogP contribution in [0, 0.1) is 0 Å². The molecule has 0 saturated carbocycles. The molecule has 29 heavy (non-hydrogen) atoms. The lowest BCUT2D eigenvalue weighted by Crippen LogP contribution is -2.47. The number of rotatable bonds is 5. The van der Waals surface area contributed by atoms with Crippen LogP contribution in [0.3, 0.4) is 0 Å². The maximum absolute atomic E-state index is 13.1. The summed E-state index contributed by atoms with van der Waals surface area (Å²) in [7, 11) is 2.07. The van der Waals surface area contributed by atoms with Crippen LogP contribution >= 0.6 is 11.8 Å². The molecule has 0 bridgehead atoms. The summed E-state index contributed by atoms with van der Waals surface area (Å²) < 4.78 is 1.68. The zero-order valence-corrected chi connectivity index (χ0v) is 17.3. The Kier molecular flexibility index (Phi) is 5.97. The van der Waals surface area contributed by atoms with E-state index in [0.717, 1.165) is 31.7 Å². The van der Waals surface area contributed by atoms with Gasteiger partial charge in [0.25, 0.3) is 5.56 Å². The van der Waals surface area contributed by atoms with Gasteiger partial charge in [0.05, 0.1) is 23.2 Å². The highest BCUT2D eigenvalue weighted by Crippen LogP contribution is 2.20. The van der Waals surface area contributed by atoms with Crippen LogP contribution < -0.4 is 5.56 Å². The molecule has 1 aliphatic heterocycles. The highest BCUT2D eigenvalue weighted by molar-refractivity contribution is 7.99. The summed E-state index contributed by atoms with van der Waals surface area (Å²) in [4.78, 5) is 34.6. The first-order valence-electron chi connectivity index (χ1n) is 9.74. The molecular weight excluding hydrogens is 384 g/mol. The van der Waals surface area contributed by atoms with Crippen molar-refractivity contribution in [3.8, 4) is 0 Å². The van der Waals surface area contributed by atoms with Crippen molar-refractivity contribution < 1.29 is 4.79 Å². The molecule has 7 heteroatoms. The number of benzene rings is 2. The highest BCUT2D eigenvalue weighted by Gasteiger charge is 2.20. The van der Waals surface area contributed by atoms with Crippen LogP contribution in [0.1, 0.15) is 5.56 Å². The number of para-hydroxylation sites is 1. The molecule has 1 aliphatic rings. The van der Waals surface area contributed by atoms with Crippen LogP contribution in [0.15, 0.2) is 64.5 Å². The SMILES string of the molecule is CN1CCN(C(=O)CSc2nc3ccccc3c(=O)n2Cc2ccccc2)CC1. The summed E-state index contributed by atoms with van der Waals surface area (Å²) >= 11 is 1.34. The fourth-order valence-electron chi connectivity index (χ4n) is 3.44. The lowest BCUT2D eigenvalue weighted by atomic mass is 10.2. The monoisotopic (exact) mass is 408 g/mol. The number of amides is 1. The summed E-state index contributed by atoms with van der Waals surface area (Å²) in [6.07, 6.45) is 0. The third kappa shape index (κ3) is 4.52. The zero-order chi connectivity index (χ0) is 20.2. The molecule has 3 aromatic rings. The van der Waals surface area contributed by atoms with Crippen molar-refractivity contribution >= 4 is 28.6 Å². The average Bonchev–Trinajstić information content (AvgIpc) is 2.75. The number of aromatic nitrogens is 2. The molecular formula is C22H24N4O2S. The first-order valence-corrected chi connectivity index (χ1v) is 10.7. The van der Waals surface area contributed by atoms with Crippen LogP contribution in [0.25, 0.3) is 10.9 Å². The van der Waals surface area contributed by atoms with E-state index in [1.165, 1.54) is 11.8 Å². The largest absolute Gasteiger partial charge is 0.339 e. The number of likely N-dealkylation sites (N-methyl/N-ethyl adjacent to an activating group) is 1. The van der Waals surface area contributed by atoms with E-state index in [-0.39, 0.29) is 17.2 Å². The smallest absolute Gasteiger partial charge is 0.262 e. The van der Waals surface area contributed by atoms with Gasteiger partial charge in [0.15, 0.2) is 5.16 Å². The molecule has 0 atom stereocenters. The first-order chi connectivity index (χ1) is 14.1. The minimum Gasteiger partial charge on any atom is -0.339 e. The number of fused-ring (bicyclic) bond motifs is 1. The summed E-state index contributed by atoms with van der Waals surface area (Å²) in [5.74, 6) is 0.375. The Labute approximate surface area is 174 Å². The second kappa shape index (κ2) is 8.80. The van der Waals surface area contributed by atoms with Crippen molar-refractivity contribution in [1.82, 2.24) is 19.4 Å². The predicted molar refractivity (Wildman–Crippen MR) is 116 cm³/mol. The number of piperazine rings is 1. The molecule has 4 rings (SSSR count). The van der Waals surface area contributed by atoms with Crippen LogP contribution in [0.2, 0.25) is 0 Å². The van der Waals surface area contributed by atoms with E-state index in [0.29, 0.717) is 22.6 Å². The lowest BCUT2D eigenvalue weighted by molar-refractivity contribution is -0.129. The van der Waals surface area contributed by atoms with Gasteiger partial charge in [0.1, 0.15) is 0 Å². The Balaban J connectivity index is 1.60. The Morgan fingerprint density at radius 1 is 1.00 bits per heavy atom. The zero-order valence-electron chi connectivity index (χ0n) is 16.5. The molecule has 0 unspecified atom stereocenters. The molecule has 1 saturated heterocycles. The maximum atomic E-state index is 13.1. The van der Waals surface area contributed by atoms with Crippen molar-refractivity contribution in [3.05, 3.63) is 70.5 Å². The van der Waals surface area contributed by atoms with Gasteiger partial charge in [-0.3, -0.25) is 14.2 Å². The predicted octanol–water partition coefficient (Wildman–Crippen LogP) is 2.31. The Hall–Kier alpha value is -2.64. The number of carbonyl (C=O) groups excluding carboxylic acids is 1. The second-order valence-electron chi connectivity index (χ2n) is 7.26. The van der Waals surface area contributed by atoms with E-state index >= 15 is 0 Å². The topological polar surface area (TPSA) is 58.4 Å². The van der Waals surface area contributed by atoms with Gasteiger partial charge in [-0.05, 0) is 24.7 Å². The molecule has 0 aliphatic carbocycles. The summed E-state index contributed by atoms with van der Waals surface area (Å²) in [5, 5.41) is 1.18. The summed E-state index contributed by atoms with van der Waals surface area (Å²) in [6, 6.07) is 17.2. The molecule has 1 amide bonds. The minimum absolute atomic E-state index is 0.0750. The van der Waals surface area contributed by atoms with E-state index < -0.39 is 0 Å². The Morgan fingerprint density at radius 2 is 1.69 bits per heavy atom.